The summed E-state index contributed by atoms with van der Waals surface area (Å²) in [7, 11) is 0. The maximum absolute atomic E-state index is 12.5. The van der Waals surface area contributed by atoms with Crippen LogP contribution in [-0.2, 0) is 22.7 Å². The Labute approximate surface area is 144 Å². The van der Waals surface area contributed by atoms with E-state index >= 15 is 0 Å². The smallest absolute Gasteiger partial charge is 0.309 e. The summed E-state index contributed by atoms with van der Waals surface area (Å²) in [5, 5.41) is 16.1. The van der Waals surface area contributed by atoms with Crippen molar-refractivity contribution in [2.75, 3.05) is 0 Å². The molecule has 1 amide bonds. The lowest BCUT2D eigenvalue weighted by Gasteiger charge is -2.27. The third-order valence-corrected chi connectivity index (χ3v) is 5.55. The second-order valence-corrected chi connectivity index (χ2v) is 7.13. The van der Waals surface area contributed by atoms with Crippen LogP contribution in [0.3, 0.4) is 0 Å². The highest BCUT2D eigenvalue weighted by molar-refractivity contribution is 7.09. The van der Waals surface area contributed by atoms with Crippen molar-refractivity contribution >= 4 is 23.2 Å². The first-order chi connectivity index (χ1) is 11.4. The number of hydrogen-bond acceptors (Lipinski definition) is 4. The van der Waals surface area contributed by atoms with Crippen LogP contribution in [0.2, 0.25) is 0 Å². The Morgan fingerprint density at radius 2 is 2.21 bits per heavy atom. The van der Waals surface area contributed by atoms with Crippen LogP contribution < -0.4 is 0 Å². The van der Waals surface area contributed by atoms with Gasteiger partial charge in [0.05, 0.1) is 24.2 Å². The lowest BCUT2D eigenvalue weighted by Crippen LogP contribution is -2.30. The van der Waals surface area contributed by atoms with Crippen molar-refractivity contribution in [1.82, 2.24) is 14.7 Å². The van der Waals surface area contributed by atoms with Crippen molar-refractivity contribution < 1.29 is 14.7 Å². The zero-order valence-corrected chi connectivity index (χ0v) is 14.8. The molecule has 0 aromatic carbocycles. The number of aromatic nitrogens is 2. The molecular formula is C17H21N3O3S. The van der Waals surface area contributed by atoms with Crippen LogP contribution in [0.1, 0.15) is 41.2 Å². The van der Waals surface area contributed by atoms with Gasteiger partial charge in [-0.3, -0.25) is 14.3 Å². The average molecular weight is 347 g/mol. The van der Waals surface area contributed by atoms with E-state index in [0.717, 1.165) is 28.4 Å². The number of aryl methyl sites for hydroxylation is 2. The van der Waals surface area contributed by atoms with Gasteiger partial charge in [0, 0.05) is 29.1 Å². The molecule has 1 N–H and O–H groups in total. The van der Waals surface area contributed by atoms with Crippen molar-refractivity contribution in [3.8, 4) is 0 Å². The molecule has 7 heteroatoms. The van der Waals surface area contributed by atoms with Crippen molar-refractivity contribution in [2.45, 2.75) is 46.3 Å². The molecule has 24 heavy (non-hydrogen) atoms. The SMILES string of the molecule is CCn1nc(C)c([C@H]2[C@H](C(=O)O)CC(=O)N2Cc2cccs2)c1C. The number of nitrogens with zero attached hydrogens (tertiary/aromatic N) is 3. The van der Waals surface area contributed by atoms with Crippen LogP contribution in [0.5, 0.6) is 0 Å². The normalized spacial score (nSPS) is 20.8. The highest BCUT2D eigenvalue weighted by atomic mass is 32.1. The number of carboxylic acids is 1. The van der Waals surface area contributed by atoms with Crippen molar-refractivity contribution in [1.29, 1.82) is 0 Å². The molecule has 1 saturated heterocycles. The first-order valence-electron chi connectivity index (χ1n) is 8.02. The molecular weight excluding hydrogens is 326 g/mol. The Bertz CT molecular complexity index is 766. The van der Waals surface area contributed by atoms with Gasteiger partial charge in [0.2, 0.25) is 5.91 Å². The van der Waals surface area contributed by atoms with Gasteiger partial charge < -0.3 is 10.0 Å². The number of amides is 1. The van der Waals surface area contributed by atoms with Crippen molar-refractivity contribution in [2.24, 2.45) is 5.92 Å². The topological polar surface area (TPSA) is 75.4 Å². The van der Waals surface area contributed by atoms with E-state index in [2.05, 4.69) is 5.10 Å². The molecule has 3 rings (SSSR count). The molecule has 128 valence electrons. The number of rotatable bonds is 5. The molecule has 2 aromatic heterocycles. The minimum absolute atomic E-state index is 0.0432. The molecule has 1 fully saturated rings. The van der Waals surface area contributed by atoms with Crippen molar-refractivity contribution in [3.63, 3.8) is 0 Å². The largest absolute Gasteiger partial charge is 0.481 e. The van der Waals surface area contributed by atoms with Gasteiger partial charge in [-0.1, -0.05) is 6.07 Å². The minimum atomic E-state index is -0.926. The molecule has 0 saturated carbocycles. The summed E-state index contributed by atoms with van der Waals surface area (Å²) < 4.78 is 1.87. The monoisotopic (exact) mass is 347 g/mol. The van der Waals surface area contributed by atoms with Gasteiger partial charge in [0.25, 0.3) is 0 Å². The Hall–Kier alpha value is -2.15. The van der Waals surface area contributed by atoms with Gasteiger partial charge in [0.1, 0.15) is 0 Å². The van der Waals surface area contributed by atoms with Crippen LogP contribution in [-0.4, -0.2) is 31.7 Å². The summed E-state index contributed by atoms with van der Waals surface area (Å²) in [5.41, 5.74) is 2.63. The molecule has 2 aromatic rings. The highest BCUT2D eigenvalue weighted by Gasteiger charge is 2.46. The summed E-state index contributed by atoms with van der Waals surface area (Å²) in [6.07, 6.45) is 0.0432. The number of carboxylic acid groups (broad SMARTS) is 1. The van der Waals surface area contributed by atoms with Gasteiger partial charge in [-0.2, -0.15) is 5.10 Å². The maximum atomic E-state index is 12.5. The van der Waals surface area contributed by atoms with Gasteiger partial charge in [-0.15, -0.1) is 11.3 Å². The van der Waals surface area contributed by atoms with E-state index in [1.54, 1.807) is 16.2 Å². The fraction of sp³-hybridized carbons (Fsp3) is 0.471. The van der Waals surface area contributed by atoms with E-state index in [9.17, 15) is 14.7 Å². The third-order valence-electron chi connectivity index (χ3n) is 4.69. The van der Waals surface area contributed by atoms with Crippen LogP contribution in [0.4, 0.5) is 0 Å². The Morgan fingerprint density at radius 3 is 2.75 bits per heavy atom. The lowest BCUT2D eigenvalue weighted by molar-refractivity contribution is -0.142. The molecule has 0 unspecified atom stereocenters. The number of thiophene rings is 1. The summed E-state index contributed by atoms with van der Waals surface area (Å²) in [6, 6.07) is 3.45. The predicted octanol–water partition coefficient (Wildman–Crippen LogP) is 2.76. The summed E-state index contributed by atoms with van der Waals surface area (Å²) in [4.78, 5) is 27.1. The zero-order valence-electron chi connectivity index (χ0n) is 14.0. The summed E-state index contributed by atoms with van der Waals surface area (Å²) in [6.45, 7) is 7.00. The Morgan fingerprint density at radius 1 is 1.46 bits per heavy atom. The lowest BCUT2D eigenvalue weighted by atomic mass is 9.92. The quantitative estimate of drug-likeness (QED) is 0.902. The number of likely N-dealkylation sites (tertiary alicyclic amines) is 1. The number of aliphatic carboxylic acids is 1. The molecule has 3 heterocycles. The summed E-state index contributed by atoms with van der Waals surface area (Å²) >= 11 is 1.57. The van der Waals surface area contributed by atoms with E-state index in [-0.39, 0.29) is 12.3 Å². The van der Waals surface area contributed by atoms with Crippen LogP contribution in [0.25, 0.3) is 0 Å². The fourth-order valence-corrected chi connectivity index (χ4v) is 4.28. The van der Waals surface area contributed by atoms with Gasteiger partial charge >= 0.3 is 5.97 Å². The first kappa shape index (κ1) is 16.7. The second kappa shape index (κ2) is 6.39. The van der Waals surface area contributed by atoms with E-state index < -0.39 is 17.9 Å². The number of carbonyl (C=O) groups excluding carboxylic acids is 1. The molecule has 0 radical (unpaired) electrons. The number of carbonyl (C=O) groups is 2. The van der Waals surface area contributed by atoms with E-state index in [1.165, 1.54) is 0 Å². The highest BCUT2D eigenvalue weighted by Crippen LogP contribution is 2.42. The molecule has 0 spiro atoms. The average Bonchev–Trinajstić information content (AvgIpc) is 3.21. The van der Waals surface area contributed by atoms with E-state index in [4.69, 9.17) is 0 Å². The molecule has 6 nitrogen and oxygen atoms in total. The summed E-state index contributed by atoms with van der Waals surface area (Å²) in [5.74, 6) is -1.77. The zero-order chi connectivity index (χ0) is 17.4. The molecule has 2 atom stereocenters. The maximum Gasteiger partial charge on any atom is 0.309 e. The minimum Gasteiger partial charge on any atom is -0.481 e. The molecule has 1 aliphatic rings. The fourth-order valence-electron chi connectivity index (χ4n) is 3.57. The first-order valence-corrected chi connectivity index (χ1v) is 8.90. The van der Waals surface area contributed by atoms with Gasteiger partial charge in [-0.05, 0) is 32.2 Å². The molecule has 0 bridgehead atoms. The third kappa shape index (κ3) is 2.73. The van der Waals surface area contributed by atoms with Gasteiger partial charge in [0.15, 0.2) is 0 Å². The number of hydrogen-bond donors (Lipinski definition) is 1. The standard InChI is InChI=1S/C17H21N3O3S/c1-4-20-11(3)15(10(2)18-20)16-13(17(22)23)8-14(21)19(16)9-12-6-5-7-24-12/h5-7,13,16H,4,8-9H2,1-3H3,(H,22,23)/t13-,16-/m1/s1. The van der Waals surface area contributed by atoms with Crippen molar-refractivity contribution in [3.05, 3.63) is 39.3 Å². The molecule has 0 aliphatic carbocycles. The van der Waals surface area contributed by atoms with Gasteiger partial charge in [-0.25, -0.2) is 0 Å². The van der Waals surface area contributed by atoms with E-state index in [1.807, 2.05) is 43.0 Å². The van der Waals surface area contributed by atoms with Crippen LogP contribution in [0.15, 0.2) is 17.5 Å². The predicted molar refractivity (Wildman–Crippen MR) is 90.7 cm³/mol. The Balaban J connectivity index is 2.06. The Kier molecular flexibility index (Phi) is 4.45. The van der Waals surface area contributed by atoms with E-state index in [0.29, 0.717) is 6.54 Å². The second-order valence-electron chi connectivity index (χ2n) is 6.09. The van der Waals surface area contributed by atoms with Crippen LogP contribution in [0, 0.1) is 19.8 Å². The van der Waals surface area contributed by atoms with Crippen LogP contribution >= 0.6 is 11.3 Å². The molecule has 1 aliphatic heterocycles.